The van der Waals surface area contributed by atoms with Gasteiger partial charge in [0.15, 0.2) is 0 Å². The summed E-state index contributed by atoms with van der Waals surface area (Å²) in [4.78, 5) is 0. The lowest BCUT2D eigenvalue weighted by Crippen LogP contribution is -2.19. The molecule has 0 aliphatic carbocycles. The Labute approximate surface area is 136 Å². The molecule has 0 radical (unpaired) electrons. The molecule has 0 saturated carbocycles. The van der Waals surface area contributed by atoms with Crippen LogP contribution in [0.25, 0.3) is 0 Å². The van der Waals surface area contributed by atoms with Gasteiger partial charge in [-0.2, -0.15) is 0 Å². The summed E-state index contributed by atoms with van der Waals surface area (Å²) >= 11 is 0. The molecule has 0 heterocycles. The van der Waals surface area contributed by atoms with Crippen molar-refractivity contribution in [3.8, 4) is 0 Å². The lowest BCUT2D eigenvalue weighted by atomic mass is 10.3. The number of rotatable bonds is 11. The van der Waals surface area contributed by atoms with Crippen molar-refractivity contribution in [2.24, 2.45) is 0 Å². The zero-order valence-electron chi connectivity index (χ0n) is 15.2. The highest BCUT2D eigenvalue weighted by Crippen LogP contribution is 2.65. The van der Waals surface area contributed by atoms with Crippen LogP contribution in [0.2, 0.25) is 0 Å². The van der Waals surface area contributed by atoms with E-state index in [1.807, 2.05) is 0 Å². The van der Waals surface area contributed by atoms with Gasteiger partial charge in [0.1, 0.15) is 0 Å². The van der Waals surface area contributed by atoms with Crippen molar-refractivity contribution in [2.45, 2.75) is 85.2 Å². The molecular weight excluding hydrogens is 310 g/mol. The van der Waals surface area contributed by atoms with E-state index in [0.717, 1.165) is 5.66 Å². The van der Waals surface area contributed by atoms with E-state index >= 15 is 0 Å². The summed E-state index contributed by atoms with van der Waals surface area (Å²) < 4.78 is 39.0. The lowest BCUT2D eigenvalue weighted by molar-refractivity contribution is 0.368. The Morgan fingerprint density at radius 3 is 1.18 bits per heavy atom. The van der Waals surface area contributed by atoms with Crippen molar-refractivity contribution in [1.29, 1.82) is 0 Å². The molecule has 0 amide bonds. The third-order valence-corrected chi connectivity index (χ3v) is 10.3. The van der Waals surface area contributed by atoms with E-state index in [-0.39, 0.29) is 0 Å². The summed E-state index contributed by atoms with van der Waals surface area (Å²) in [5.74, 6) is 0. The highest BCUT2D eigenvalue weighted by atomic mass is 31.2. The van der Waals surface area contributed by atoms with Crippen LogP contribution in [0.3, 0.4) is 0 Å². The Morgan fingerprint density at radius 1 is 0.727 bits per heavy atom. The summed E-state index contributed by atoms with van der Waals surface area (Å²) in [5.41, 5.74) is 1.02. The maximum absolute atomic E-state index is 9.75. The average Bonchev–Trinajstić information content (AvgIpc) is 2.44. The fourth-order valence-corrected chi connectivity index (χ4v) is 8.41. The molecule has 136 valence electrons. The summed E-state index contributed by atoms with van der Waals surface area (Å²) in [7, 11) is -6.64. The fourth-order valence-electron chi connectivity index (χ4n) is 2.80. The molecule has 0 aromatic heterocycles. The Hall–Kier alpha value is 0.215. The summed E-state index contributed by atoms with van der Waals surface area (Å²) in [6.07, 6.45) is 14.7. The van der Waals surface area contributed by atoms with Crippen molar-refractivity contribution >= 4 is 14.5 Å². The van der Waals surface area contributed by atoms with E-state index in [1.165, 1.54) is 44.9 Å². The van der Waals surface area contributed by atoms with Crippen LogP contribution in [-0.2, 0) is 0 Å². The van der Waals surface area contributed by atoms with Gasteiger partial charge in [-0.1, -0.05) is 47.0 Å². The molecule has 0 aliphatic heterocycles. The minimum Gasteiger partial charge on any atom is -0.418 e. The molecule has 6 heteroatoms. The maximum Gasteiger partial charge on any atom is 0.673 e. The van der Waals surface area contributed by atoms with Gasteiger partial charge in [-0.3, -0.25) is 0 Å². The predicted molar refractivity (Wildman–Crippen MR) is 96.2 cm³/mol. The SMILES string of the molecule is CCCC[P+](CCCC)(CCCC)C(C)CC.F[B-](F)(F)F. The first kappa shape index (κ1) is 24.5. The Bertz CT molecular complexity index is 219. The number of hydrogen-bond acceptors (Lipinski definition) is 0. The largest absolute Gasteiger partial charge is 0.673 e. The molecule has 22 heavy (non-hydrogen) atoms. The Balaban J connectivity index is 0. The van der Waals surface area contributed by atoms with Gasteiger partial charge in [0.05, 0.1) is 24.1 Å². The van der Waals surface area contributed by atoms with Gasteiger partial charge in [0.25, 0.3) is 0 Å². The average molecular weight is 346 g/mol. The first-order valence-electron chi connectivity index (χ1n) is 8.89. The molecule has 0 fully saturated rings. The number of unbranched alkanes of at least 4 members (excludes halogenated alkanes) is 3. The summed E-state index contributed by atoms with van der Waals surface area (Å²) in [5, 5.41) is 0. The van der Waals surface area contributed by atoms with Gasteiger partial charge in [0.2, 0.25) is 0 Å². The van der Waals surface area contributed by atoms with Gasteiger partial charge >= 0.3 is 7.25 Å². The minimum atomic E-state index is -6.00. The third kappa shape index (κ3) is 13.8. The zero-order chi connectivity index (χ0) is 17.6. The van der Waals surface area contributed by atoms with Crippen LogP contribution in [0.5, 0.6) is 0 Å². The Kier molecular flexibility index (Phi) is 15.2. The molecule has 0 aromatic rings. The first-order chi connectivity index (χ1) is 10.2. The molecular formula is C16H36BF4P. The summed E-state index contributed by atoms with van der Waals surface area (Å²) in [6, 6.07) is 0. The molecule has 0 aliphatic rings. The zero-order valence-corrected chi connectivity index (χ0v) is 16.1. The monoisotopic (exact) mass is 346 g/mol. The highest BCUT2D eigenvalue weighted by Gasteiger charge is 2.40. The Morgan fingerprint density at radius 2 is 1.00 bits per heavy atom. The van der Waals surface area contributed by atoms with Gasteiger partial charge < -0.3 is 17.3 Å². The molecule has 0 N–H and O–H groups in total. The number of hydrogen-bond donors (Lipinski definition) is 0. The molecule has 0 bridgehead atoms. The standard InChI is InChI=1S/C16H36P.BF4/c1-6-10-13-17(14-11-7-2,15-12-8-3)16(5)9-4;2-1(3,4)5/h16H,6-15H2,1-5H3;/q+1;-1. The molecule has 0 spiro atoms. The van der Waals surface area contributed by atoms with E-state index in [0.29, 0.717) is 0 Å². The third-order valence-electron chi connectivity index (χ3n) is 4.40. The second kappa shape index (κ2) is 13.6. The van der Waals surface area contributed by atoms with Crippen LogP contribution in [-0.4, -0.2) is 31.4 Å². The molecule has 0 nitrogen and oxygen atoms in total. The van der Waals surface area contributed by atoms with Crippen molar-refractivity contribution in [3.05, 3.63) is 0 Å². The van der Waals surface area contributed by atoms with Crippen LogP contribution < -0.4 is 0 Å². The topological polar surface area (TPSA) is 0 Å². The molecule has 0 saturated heterocycles. The van der Waals surface area contributed by atoms with E-state index in [2.05, 4.69) is 34.6 Å². The second-order valence-corrected chi connectivity index (χ2v) is 10.9. The maximum atomic E-state index is 9.75. The smallest absolute Gasteiger partial charge is 0.418 e. The fraction of sp³-hybridized carbons (Fsp3) is 1.00. The molecule has 1 atom stereocenters. The van der Waals surface area contributed by atoms with E-state index in [1.54, 1.807) is 18.5 Å². The van der Waals surface area contributed by atoms with E-state index in [4.69, 9.17) is 0 Å². The van der Waals surface area contributed by atoms with Crippen molar-refractivity contribution in [1.82, 2.24) is 0 Å². The van der Waals surface area contributed by atoms with E-state index in [9.17, 15) is 17.3 Å². The van der Waals surface area contributed by atoms with Gasteiger partial charge in [-0.05, 0) is 32.6 Å². The van der Waals surface area contributed by atoms with Crippen molar-refractivity contribution in [3.63, 3.8) is 0 Å². The summed E-state index contributed by atoms with van der Waals surface area (Å²) in [6.45, 7) is 12.0. The highest BCUT2D eigenvalue weighted by molar-refractivity contribution is 7.76. The first-order valence-corrected chi connectivity index (χ1v) is 11.3. The van der Waals surface area contributed by atoms with E-state index < -0.39 is 14.5 Å². The van der Waals surface area contributed by atoms with Gasteiger partial charge in [-0.15, -0.1) is 0 Å². The van der Waals surface area contributed by atoms with Gasteiger partial charge in [0, 0.05) is 7.26 Å². The van der Waals surface area contributed by atoms with Crippen LogP contribution in [0.15, 0.2) is 0 Å². The number of halogens is 4. The minimum absolute atomic E-state index is 0.637. The molecule has 0 aromatic carbocycles. The van der Waals surface area contributed by atoms with Crippen molar-refractivity contribution < 1.29 is 17.3 Å². The lowest BCUT2D eigenvalue weighted by Gasteiger charge is -2.33. The molecule has 0 rings (SSSR count). The molecule has 1 unspecified atom stereocenters. The predicted octanol–water partition coefficient (Wildman–Crippen LogP) is 7.50. The quantitative estimate of drug-likeness (QED) is 0.206. The van der Waals surface area contributed by atoms with Crippen LogP contribution >= 0.6 is 7.26 Å². The van der Waals surface area contributed by atoms with Crippen LogP contribution in [0.4, 0.5) is 17.3 Å². The van der Waals surface area contributed by atoms with Gasteiger partial charge in [-0.25, -0.2) is 0 Å². The van der Waals surface area contributed by atoms with Crippen molar-refractivity contribution in [2.75, 3.05) is 18.5 Å². The normalized spacial score (nSPS) is 13.5. The van der Waals surface area contributed by atoms with Crippen LogP contribution in [0.1, 0.15) is 79.6 Å². The van der Waals surface area contributed by atoms with Crippen LogP contribution in [0, 0.1) is 0 Å². The second-order valence-electron chi connectivity index (χ2n) is 6.20.